The Labute approximate surface area is 72.0 Å². The first-order chi connectivity index (χ1) is 5.61. The Balaban J connectivity index is 3.00. The van der Waals surface area contributed by atoms with Gasteiger partial charge in [-0.2, -0.15) is 0 Å². The van der Waals surface area contributed by atoms with Crippen molar-refractivity contribution in [1.29, 1.82) is 0 Å². The summed E-state index contributed by atoms with van der Waals surface area (Å²) in [5.74, 6) is -0.540. The lowest BCUT2D eigenvalue weighted by Gasteiger charge is -2.09. The van der Waals surface area contributed by atoms with Gasteiger partial charge in [0.1, 0.15) is 5.82 Å². The van der Waals surface area contributed by atoms with Crippen LogP contribution in [0.5, 0.6) is 0 Å². The van der Waals surface area contributed by atoms with E-state index in [1.807, 2.05) is 4.72 Å². The number of anilines is 1. The van der Waals surface area contributed by atoms with Gasteiger partial charge in [0.2, 0.25) is 0 Å². The Kier molecular flexibility index (Phi) is 2.78. The average molecular weight is 188 g/mol. The zero-order valence-electron chi connectivity index (χ0n) is 6.33. The lowest BCUT2D eigenvalue weighted by molar-refractivity contribution is 0.541. The molecule has 0 spiro atoms. The van der Waals surface area contributed by atoms with Crippen LogP contribution in [0.2, 0.25) is 0 Å². The first-order valence-corrected chi connectivity index (χ1v) is 4.30. The minimum absolute atomic E-state index is 0.0247. The third kappa shape index (κ3) is 2.02. The van der Waals surface area contributed by atoms with Gasteiger partial charge in [-0.3, -0.25) is 4.21 Å². The van der Waals surface area contributed by atoms with Crippen LogP contribution in [-0.2, 0) is 11.3 Å². The monoisotopic (exact) mass is 188 g/mol. The Morgan fingerprint density at radius 3 is 2.83 bits per heavy atom. The molecule has 3 nitrogen and oxygen atoms in total. The van der Waals surface area contributed by atoms with E-state index >= 15 is 0 Å². The van der Waals surface area contributed by atoms with E-state index in [4.69, 9.17) is 0 Å². The zero-order chi connectivity index (χ0) is 9.14. The van der Waals surface area contributed by atoms with Gasteiger partial charge in [0.05, 0.1) is 5.69 Å². The Bertz CT molecular complexity index is 316. The summed E-state index contributed by atoms with van der Waals surface area (Å²) in [7, 11) is 0. The summed E-state index contributed by atoms with van der Waals surface area (Å²) < 4.78 is 35.3. The number of hydrogen-bond donors (Lipinski definition) is 1. The highest BCUT2D eigenvalue weighted by Crippen LogP contribution is 2.16. The second kappa shape index (κ2) is 3.64. The Morgan fingerprint density at radius 1 is 1.58 bits per heavy atom. The molecule has 0 bridgehead atoms. The quantitative estimate of drug-likeness (QED) is 0.712. The zero-order valence-corrected chi connectivity index (χ0v) is 7.15. The summed E-state index contributed by atoms with van der Waals surface area (Å²) in [5, 5.41) is 0. The first-order valence-electron chi connectivity index (χ1n) is 3.22. The van der Waals surface area contributed by atoms with Crippen molar-refractivity contribution in [3.63, 3.8) is 0 Å². The average Bonchev–Trinajstić information content (AvgIpc) is 1.98. The molecule has 66 valence electrons. The van der Waals surface area contributed by atoms with Crippen molar-refractivity contribution < 1.29 is 13.2 Å². The minimum atomic E-state index is -2.48. The van der Waals surface area contributed by atoms with Crippen molar-refractivity contribution in [2.24, 2.45) is 0 Å². The lowest BCUT2D eigenvalue weighted by Crippen LogP contribution is -2.04. The van der Waals surface area contributed by atoms with Crippen LogP contribution in [-0.4, -0.2) is 8.76 Å². The van der Waals surface area contributed by atoms with Crippen molar-refractivity contribution in [3.05, 3.63) is 29.6 Å². The predicted molar refractivity (Wildman–Crippen MR) is 43.7 cm³/mol. The molecule has 0 aliphatic carbocycles. The van der Waals surface area contributed by atoms with Gasteiger partial charge in [-0.25, -0.2) is 4.39 Å². The highest BCUT2D eigenvalue weighted by atomic mass is 32.2. The number of halogens is 1. The van der Waals surface area contributed by atoms with E-state index in [0.717, 1.165) is 0 Å². The highest BCUT2D eigenvalue weighted by Gasteiger charge is 2.02. The largest absolute Gasteiger partial charge is 0.755 e. The smallest absolute Gasteiger partial charge is 0.150 e. The molecule has 0 saturated heterocycles. The van der Waals surface area contributed by atoms with Crippen LogP contribution in [0, 0.1) is 12.7 Å². The maximum atomic E-state index is 13.0. The van der Waals surface area contributed by atoms with Crippen molar-refractivity contribution in [1.82, 2.24) is 0 Å². The maximum Gasteiger partial charge on any atom is 0.150 e. The fourth-order valence-corrected chi connectivity index (χ4v) is 1.15. The minimum Gasteiger partial charge on any atom is -0.755 e. The van der Waals surface area contributed by atoms with Crippen LogP contribution in [0.3, 0.4) is 0 Å². The summed E-state index contributed by atoms with van der Waals surface area (Å²) in [4.78, 5) is 0. The molecular weight excluding hydrogens is 181 g/mol. The molecule has 1 rings (SSSR count). The second-order valence-electron chi connectivity index (χ2n) is 2.27. The van der Waals surface area contributed by atoms with Gasteiger partial charge in [0, 0.05) is 11.3 Å². The molecule has 0 aliphatic rings. The molecule has 0 heterocycles. The van der Waals surface area contributed by atoms with E-state index in [-0.39, 0.29) is 5.69 Å². The molecule has 1 aromatic rings. The van der Waals surface area contributed by atoms with E-state index in [2.05, 4.69) is 0 Å². The van der Waals surface area contributed by atoms with E-state index in [1.54, 1.807) is 19.1 Å². The van der Waals surface area contributed by atoms with Gasteiger partial charge in [-0.05, 0) is 18.6 Å². The molecule has 12 heavy (non-hydrogen) atoms. The summed E-state index contributed by atoms with van der Waals surface area (Å²) in [6, 6.07) is 4.50. The van der Waals surface area contributed by atoms with Crippen LogP contribution < -0.4 is 4.72 Å². The van der Waals surface area contributed by atoms with E-state index < -0.39 is 17.1 Å². The lowest BCUT2D eigenvalue weighted by atomic mass is 10.2. The van der Waals surface area contributed by atoms with Crippen molar-refractivity contribution in [2.75, 3.05) is 4.72 Å². The predicted octanol–water partition coefficient (Wildman–Crippen LogP) is 1.34. The summed E-state index contributed by atoms with van der Waals surface area (Å²) in [5.41, 5.74) is 0.383. The number of hydrogen-bond acceptors (Lipinski definition) is 2. The summed E-state index contributed by atoms with van der Waals surface area (Å²) in [6.45, 7) is 1.56. The van der Waals surface area contributed by atoms with Crippen LogP contribution in [0.4, 0.5) is 10.1 Å². The number of rotatable bonds is 2. The van der Waals surface area contributed by atoms with E-state index in [1.165, 1.54) is 6.07 Å². The van der Waals surface area contributed by atoms with Crippen LogP contribution in [0.1, 0.15) is 5.56 Å². The topological polar surface area (TPSA) is 52.2 Å². The molecule has 1 unspecified atom stereocenters. The highest BCUT2D eigenvalue weighted by molar-refractivity contribution is 7.80. The van der Waals surface area contributed by atoms with Gasteiger partial charge in [-0.15, -0.1) is 0 Å². The van der Waals surface area contributed by atoms with E-state index in [9.17, 15) is 13.2 Å². The van der Waals surface area contributed by atoms with Gasteiger partial charge in [0.25, 0.3) is 0 Å². The molecular formula is C7H7FNO2S-. The third-order valence-corrected chi connectivity index (χ3v) is 1.77. The normalized spacial score (nSPS) is 12.6. The van der Waals surface area contributed by atoms with Gasteiger partial charge >= 0.3 is 0 Å². The third-order valence-electron chi connectivity index (χ3n) is 1.39. The Morgan fingerprint density at radius 2 is 2.25 bits per heavy atom. The van der Waals surface area contributed by atoms with Crippen LogP contribution in [0.25, 0.3) is 0 Å². The number of nitrogens with one attached hydrogen (secondary N) is 1. The molecule has 0 fully saturated rings. The molecule has 1 aromatic carbocycles. The molecule has 0 saturated carbocycles. The van der Waals surface area contributed by atoms with Gasteiger partial charge in [0.15, 0.2) is 0 Å². The van der Waals surface area contributed by atoms with Crippen molar-refractivity contribution in [3.8, 4) is 0 Å². The van der Waals surface area contributed by atoms with E-state index in [0.29, 0.717) is 5.56 Å². The molecule has 0 radical (unpaired) electrons. The number of aryl methyl sites for hydroxylation is 1. The molecule has 0 aromatic heterocycles. The fraction of sp³-hybridized carbons (Fsp3) is 0.143. The molecule has 5 heteroatoms. The Hall–Kier alpha value is -0.940. The maximum absolute atomic E-state index is 13.0. The fourth-order valence-electron chi connectivity index (χ4n) is 0.816. The van der Waals surface area contributed by atoms with Crippen LogP contribution >= 0.6 is 0 Å². The standard InChI is InChI=1S/C7H8FNO2S/c1-5-3-2-4-6(7(5)8)9-12(10)11/h2-4,9H,1H3,(H,10,11)/p-1. The molecule has 0 aliphatic heterocycles. The summed E-state index contributed by atoms with van der Waals surface area (Å²) in [6.07, 6.45) is 0. The molecule has 0 amide bonds. The molecule has 1 N–H and O–H groups in total. The van der Waals surface area contributed by atoms with Crippen LogP contribution in [0.15, 0.2) is 18.2 Å². The summed E-state index contributed by atoms with van der Waals surface area (Å²) >= 11 is -2.48. The molecule has 1 atom stereocenters. The van der Waals surface area contributed by atoms with Crippen molar-refractivity contribution >= 4 is 17.0 Å². The van der Waals surface area contributed by atoms with Crippen molar-refractivity contribution in [2.45, 2.75) is 6.92 Å². The SMILES string of the molecule is Cc1cccc(NS(=O)[O-])c1F. The second-order valence-corrected chi connectivity index (χ2v) is 2.95. The van der Waals surface area contributed by atoms with Gasteiger partial charge < -0.3 is 9.27 Å². The first kappa shape index (κ1) is 9.15. The van der Waals surface area contributed by atoms with Gasteiger partial charge in [-0.1, -0.05) is 12.1 Å². The number of benzene rings is 1.